The Kier molecular flexibility index (Phi) is 6.03. The summed E-state index contributed by atoms with van der Waals surface area (Å²) in [7, 11) is 1.58. The quantitative estimate of drug-likeness (QED) is 0.847. The lowest BCUT2D eigenvalue weighted by atomic mass is 10.1. The molecule has 4 nitrogen and oxygen atoms in total. The Morgan fingerprint density at radius 2 is 1.65 bits per heavy atom. The van der Waals surface area contributed by atoms with E-state index < -0.39 is 6.10 Å². The Bertz CT molecular complexity index is 628. The Morgan fingerprint density at radius 1 is 1.04 bits per heavy atom. The third kappa shape index (κ3) is 4.49. The van der Waals surface area contributed by atoms with Crippen LogP contribution in [0.25, 0.3) is 0 Å². The molecule has 122 valence electrons. The molecule has 0 heterocycles. The van der Waals surface area contributed by atoms with Gasteiger partial charge in [0.05, 0.1) is 13.2 Å². The van der Waals surface area contributed by atoms with E-state index in [2.05, 4.69) is 5.32 Å². The molecule has 0 bridgehead atoms. The number of methoxy groups -OCH3 is 1. The number of amides is 1. The zero-order valence-electron chi connectivity index (χ0n) is 13.8. The van der Waals surface area contributed by atoms with E-state index in [0.717, 1.165) is 5.56 Å². The Balaban J connectivity index is 2.04. The van der Waals surface area contributed by atoms with E-state index >= 15 is 0 Å². The number of ether oxygens (including phenoxy) is 2. The van der Waals surface area contributed by atoms with Gasteiger partial charge in [-0.15, -0.1) is 0 Å². The van der Waals surface area contributed by atoms with Crippen LogP contribution in [0.15, 0.2) is 54.6 Å². The molecular weight excluding hydrogens is 290 g/mol. The summed E-state index contributed by atoms with van der Waals surface area (Å²) in [6.45, 7) is 3.88. The molecule has 2 aromatic rings. The van der Waals surface area contributed by atoms with Crippen molar-refractivity contribution in [1.29, 1.82) is 0 Å². The van der Waals surface area contributed by atoms with Crippen molar-refractivity contribution in [3.8, 4) is 11.5 Å². The highest BCUT2D eigenvalue weighted by molar-refractivity contribution is 5.81. The van der Waals surface area contributed by atoms with Crippen molar-refractivity contribution in [2.24, 2.45) is 0 Å². The van der Waals surface area contributed by atoms with Crippen LogP contribution < -0.4 is 14.8 Å². The molecule has 2 aromatic carbocycles. The molecule has 0 fully saturated rings. The molecule has 0 aliphatic carbocycles. The largest absolute Gasteiger partial charge is 0.493 e. The number of hydrogen-bond donors (Lipinski definition) is 1. The van der Waals surface area contributed by atoms with Gasteiger partial charge in [-0.3, -0.25) is 4.79 Å². The summed E-state index contributed by atoms with van der Waals surface area (Å²) >= 11 is 0. The maximum Gasteiger partial charge on any atom is 0.261 e. The third-order valence-corrected chi connectivity index (χ3v) is 3.66. The molecule has 2 rings (SSSR count). The fourth-order valence-electron chi connectivity index (χ4n) is 2.32. The van der Waals surface area contributed by atoms with E-state index in [9.17, 15) is 4.79 Å². The highest BCUT2D eigenvalue weighted by atomic mass is 16.5. The van der Waals surface area contributed by atoms with Gasteiger partial charge in [-0.05, 0) is 31.0 Å². The zero-order chi connectivity index (χ0) is 16.7. The average Bonchev–Trinajstić information content (AvgIpc) is 2.60. The molecule has 23 heavy (non-hydrogen) atoms. The van der Waals surface area contributed by atoms with E-state index in [1.165, 1.54) is 0 Å². The van der Waals surface area contributed by atoms with Crippen LogP contribution in [0.4, 0.5) is 0 Å². The lowest BCUT2D eigenvalue weighted by molar-refractivity contribution is -0.128. The highest BCUT2D eigenvalue weighted by Gasteiger charge is 2.21. The maximum absolute atomic E-state index is 12.5. The standard InChI is InChI=1S/C19H23NO3/c1-4-16(23-18-13-9-8-12-17(18)22-3)19(21)20-14(2)15-10-6-5-7-11-15/h5-14,16H,4H2,1-3H3,(H,20,21)/t14-,16?/m1/s1. The van der Waals surface area contributed by atoms with Gasteiger partial charge in [0.1, 0.15) is 0 Å². The molecule has 0 aromatic heterocycles. The number of carbonyl (C=O) groups excluding carboxylic acids is 1. The van der Waals surface area contributed by atoms with Crippen molar-refractivity contribution in [3.05, 3.63) is 60.2 Å². The summed E-state index contributed by atoms with van der Waals surface area (Å²) in [5, 5.41) is 3.00. The van der Waals surface area contributed by atoms with Gasteiger partial charge in [0.15, 0.2) is 17.6 Å². The predicted molar refractivity (Wildman–Crippen MR) is 90.7 cm³/mol. The summed E-state index contributed by atoms with van der Waals surface area (Å²) in [6.07, 6.45) is 0.0169. The lowest BCUT2D eigenvalue weighted by Gasteiger charge is -2.21. The monoisotopic (exact) mass is 313 g/mol. The molecule has 0 aliphatic rings. The first kappa shape index (κ1) is 16.9. The van der Waals surface area contributed by atoms with Crippen LogP contribution >= 0.6 is 0 Å². The fraction of sp³-hybridized carbons (Fsp3) is 0.316. The van der Waals surface area contributed by atoms with Crippen molar-refractivity contribution in [1.82, 2.24) is 5.32 Å². The predicted octanol–water partition coefficient (Wildman–Crippen LogP) is 3.73. The Hall–Kier alpha value is -2.49. The molecule has 1 N–H and O–H groups in total. The van der Waals surface area contributed by atoms with Crippen LogP contribution in [0.5, 0.6) is 11.5 Å². The van der Waals surface area contributed by atoms with Crippen LogP contribution in [0, 0.1) is 0 Å². The second kappa shape index (κ2) is 8.22. The summed E-state index contributed by atoms with van der Waals surface area (Å²) in [6, 6.07) is 17.1. The molecule has 0 spiro atoms. The van der Waals surface area contributed by atoms with Crippen molar-refractivity contribution >= 4 is 5.91 Å². The first-order chi connectivity index (χ1) is 11.2. The Morgan fingerprint density at radius 3 is 2.26 bits per heavy atom. The SMILES string of the molecule is CCC(Oc1ccccc1OC)C(=O)N[C@H](C)c1ccccc1. The smallest absolute Gasteiger partial charge is 0.261 e. The number of nitrogens with one attached hydrogen (secondary N) is 1. The van der Waals surface area contributed by atoms with Gasteiger partial charge in [-0.25, -0.2) is 0 Å². The van der Waals surface area contributed by atoms with Gasteiger partial charge in [0.25, 0.3) is 5.91 Å². The minimum atomic E-state index is -0.558. The second-order valence-corrected chi connectivity index (χ2v) is 5.31. The molecule has 1 amide bonds. The second-order valence-electron chi connectivity index (χ2n) is 5.31. The van der Waals surface area contributed by atoms with Crippen molar-refractivity contribution in [2.45, 2.75) is 32.4 Å². The average molecular weight is 313 g/mol. The maximum atomic E-state index is 12.5. The molecule has 0 radical (unpaired) electrons. The van der Waals surface area contributed by atoms with Crippen LogP contribution in [0.1, 0.15) is 31.9 Å². The van der Waals surface area contributed by atoms with E-state index in [0.29, 0.717) is 17.9 Å². The summed E-state index contributed by atoms with van der Waals surface area (Å²) in [4.78, 5) is 12.5. The third-order valence-electron chi connectivity index (χ3n) is 3.66. The molecular formula is C19H23NO3. The van der Waals surface area contributed by atoms with Crippen LogP contribution in [-0.4, -0.2) is 19.1 Å². The zero-order valence-corrected chi connectivity index (χ0v) is 13.8. The highest BCUT2D eigenvalue weighted by Crippen LogP contribution is 2.27. The van der Waals surface area contributed by atoms with Gasteiger partial charge in [0, 0.05) is 0 Å². The minimum Gasteiger partial charge on any atom is -0.493 e. The van der Waals surface area contributed by atoms with Gasteiger partial charge < -0.3 is 14.8 Å². The van der Waals surface area contributed by atoms with Crippen molar-refractivity contribution in [2.75, 3.05) is 7.11 Å². The summed E-state index contributed by atoms with van der Waals surface area (Å²) < 4.78 is 11.1. The van der Waals surface area contributed by atoms with Gasteiger partial charge in [-0.1, -0.05) is 49.4 Å². The van der Waals surface area contributed by atoms with E-state index in [4.69, 9.17) is 9.47 Å². The number of para-hydroxylation sites is 2. The molecule has 2 atom stereocenters. The van der Waals surface area contributed by atoms with Crippen molar-refractivity contribution in [3.63, 3.8) is 0 Å². The number of benzene rings is 2. The summed E-state index contributed by atoms with van der Waals surface area (Å²) in [5.74, 6) is 1.06. The van der Waals surface area contributed by atoms with Gasteiger partial charge in [0.2, 0.25) is 0 Å². The lowest BCUT2D eigenvalue weighted by Crippen LogP contribution is -2.39. The van der Waals surface area contributed by atoms with Crippen LogP contribution in [-0.2, 0) is 4.79 Å². The van der Waals surface area contributed by atoms with Gasteiger partial charge >= 0.3 is 0 Å². The molecule has 1 unspecified atom stereocenters. The number of hydrogen-bond acceptors (Lipinski definition) is 3. The molecule has 0 saturated heterocycles. The van der Waals surface area contributed by atoms with Crippen LogP contribution in [0.3, 0.4) is 0 Å². The first-order valence-electron chi connectivity index (χ1n) is 7.80. The molecule has 4 heteroatoms. The van der Waals surface area contributed by atoms with E-state index in [1.54, 1.807) is 13.2 Å². The normalized spacial score (nSPS) is 13.0. The van der Waals surface area contributed by atoms with E-state index in [1.807, 2.05) is 62.4 Å². The van der Waals surface area contributed by atoms with Crippen molar-refractivity contribution < 1.29 is 14.3 Å². The summed E-state index contributed by atoms with van der Waals surface area (Å²) in [5.41, 5.74) is 1.06. The minimum absolute atomic E-state index is 0.0704. The fourth-order valence-corrected chi connectivity index (χ4v) is 2.32. The first-order valence-corrected chi connectivity index (χ1v) is 7.80. The number of rotatable bonds is 7. The number of carbonyl (C=O) groups is 1. The van der Waals surface area contributed by atoms with Gasteiger partial charge in [-0.2, -0.15) is 0 Å². The topological polar surface area (TPSA) is 47.6 Å². The Labute approximate surface area is 137 Å². The molecule has 0 saturated carbocycles. The van der Waals surface area contributed by atoms with E-state index in [-0.39, 0.29) is 11.9 Å². The molecule has 0 aliphatic heterocycles. The van der Waals surface area contributed by atoms with Crippen LogP contribution in [0.2, 0.25) is 0 Å².